The van der Waals surface area contributed by atoms with Gasteiger partial charge >= 0.3 is 12.1 Å². The van der Waals surface area contributed by atoms with E-state index in [1.165, 1.54) is 23.9 Å². The maximum atomic E-state index is 13.5. The van der Waals surface area contributed by atoms with Crippen LogP contribution >= 0.6 is 0 Å². The van der Waals surface area contributed by atoms with Gasteiger partial charge in [0.15, 0.2) is 11.5 Å². The molecular weight excluding hydrogens is 621 g/mol. The molecule has 3 aliphatic heterocycles. The molecule has 0 bridgehead atoms. The van der Waals surface area contributed by atoms with Gasteiger partial charge in [-0.3, -0.25) is 4.90 Å². The van der Waals surface area contributed by atoms with Crippen LogP contribution in [-0.4, -0.2) is 97.4 Å². The number of halogens is 3. The maximum absolute atomic E-state index is 13.5. The lowest BCUT2D eigenvalue weighted by atomic mass is 10.0. The Labute approximate surface area is 268 Å². The topological polar surface area (TPSA) is 103 Å². The molecule has 2 saturated heterocycles. The van der Waals surface area contributed by atoms with E-state index in [0.717, 1.165) is 57.9 Å². The SMILES string of the molecule is COc1cc(N2CCC(N3CCOCC3)CC2)ccc1N(OC(=O)C(F)(F)F)c1ncc2ccc(-c3cccc4c3OCCO4)n2n1. The van der Waals surface area contributed by atoms with Crippen molar-refractivity contribution in [2.24, 2.45) is 0 Å². The summed E-state index contributed by atoms with van der Waals surface area (Å²) in [6.07, 6.45) is -1.92. The number of hydrogen-bond donors (Lipinski definition) is 0. The summed E-state index contributed by atoms with van der Waals surface area (Å²) in [4.78, 5) is 26.1. The Hall–Kier alpha value is -4.76. The normalized spacial score (nSPS) is 17.5. The standard InChI is InChI=1S/C32H33F3N6O6/c1-43-28-19-22(38-11-9-21(10-12-38)39-13-15-44-16-14-39)5-8-26(28)41(47-30(42)32(33,34)35)31-36-20-23-6-7-25(40(23)37-31)24-3-2-4-27-29(24)46-18-17-45-27/h2-8,19-21H,9-18H2,1H3. The van der Waals surface area contributed by atoms with Crippen molar-refractivity contribution in [1.29, 1.82) is 0 Å². The molecule has 2 fully saturated rings. The number of para-hydroxylation sites is 1. The zero-order valence-electron chi connectivity index (χ0n) is 25.6. The van der Waals surface area contributed by atoms with Gasteiger partial charge in [0, 0.05) is 49.5 Å². The molecule has 0 radical (unpaired) electrons. The van der Waals surface area contributed by atoms with Gasteiger partial charge in [-0.2, -0.15) is 13.2 Å². The number of hydrogen-bond acceptors (Lipinski definition) is 11. The van der Waals surface area contributed by atoms with E-state index in [0.29, 0.717) is 52.6 Å². The molecule has 248 valence electrons. The number of fused-ring (bicyclic) bond motifs is 2. The van der Waals surface area contributed by atoms with Gasteiger partial charge in [-0.1, -0.05) is 6.07 Å². The smallest absolute Gasteiger partial charge is 0.493 e. The average molecular weight is 655 g/mol. The van der Waals surface area contributed by atoms with Crippen LogP contribution in [0, 0.1) is 0 Å². The summed E-state index contributed by atoms with van der Waals surface area (Å²) in [5.74, 6) is -1.51. The van der Waals surface area contributed by atoms with E-state index in [2.05, 4.69) is 19.9 Å². The van der Waals surface area contributed by atoms with Crippen molar-refractivity contribution in [2.45, 2.75) is 25.1 Å². The van der Waals surface area contributed by atoms with Gasteiger partial charge in [-0.15, -0.1) is 10.2 Å². The predicted octanol–water partition coefficient (Wildman–Crippen LogP) is 4.64. The number of piperidine rings is 1. The molecule has 0 aliphatic carbocycles. The lowest BCUT2D eigenvalue weighted by Gasteiger charge is -2.41. The first kappa shape index (κ1) is 30.9. The molecule has 3 aliphatic rings. The molecule has 2 aromatic heterocycles. The third-order valence-corrected chi connectivity index (χ3v) is 8.59. The Kier molecular flexibility index (Phi) is 8.40. The number of aromatic nitrogens is 3. The minimum absolute atomic E-state index is 0.0129. The molecule has 0 amide bonds. The number of nitrogens with zero attached hydrogens (tertiary/aromatic N) is 6. The first-order valence-electron chi connectivity index (χ1n) is 15.4. The van der Waals surface area contributed by atoms with Crippen LogP contribution in [0.25, 0.3) is 16.8 Å². The summed E-state index contributed by atoms with van der Waals surface area (Å²) in [7, 11) is 1.39. The molecule has 0 unspecified atom stereocenters. The van der Waals surface area contributed by atoms with E-state index in [9.17, 15) is 18.0 Å². The van der Waals surface area contributed by atoms with E-state index in [1.54, 1.807) is 36.4 Å². The number of methoxy groups -OCH3 is 1. The highest BCUT2D eigenvalue weighted by molar-refractivity contribution is 5.80. The molecule has 0 N–H and O–H groups in total. The fourth-order valence-corrected chi connectivity index (χ4v) is 6.26. The number of alkyl halides is 3. The van der Waals surface area contributed by atoms with E-state index >= 15 is 0 Å². The second-order valence-electron chi connectivity index (χ2n) is 11.3. The Balaban J connectivity index is 1.22. The van der Waals surface area contributed by atoms with Crippen molar-refractivity contribution < 1.29 is 41.8 Å². The molecule has 0 spiro atoms. The summed E-state index contributed by atoms with van der Waals surface area (Å²) in [5.41, 5.74) is 2.61. The summed E-state index contributed by atoms with van der Waals surface area (Å²) in [6.45, 7) is 5.70. The van der Waals surface area contributed by atoms with E-state index in [1.807, 2.05) is 6.07 Å². The maximum Gasteiger partial charge on any atom is 0.493 e. The van der Waals surface area contributed by atoms with Crippen molar-refractivity contribution in [1.82, 2.24) is 19.5 Å². The molecule has 5 heterocycles. The third-order valence-electron chi connectivity index (χ3n) is 8.59. The van der Waals surface area contributed by atoms with Crippen LogP contribution in [0.15, 0.2) is 54.7 Å². The van der Waals surface area contributed by atoms with Gasteiger partial charge in [0.1, 0.15) is 24.7 Å². The van der Waals surface area contributed by atoms with Crippen LogP contribution in [0.5, 0.6) is 17.2 Å². The summed E-state index contributed by atoms with van der Waals surface area (Å²) in [5, 5.41) is 5.17. The van der Waals surface area contributed by atoms with Crippen molar-refractivity contribution in [3.8, 4) is 28.5 Å². The van der Waals surface area contributed by atoms with Gasteiger partial charge < -0.3 is 28.7 Å². The average Bonchev–Trinajstić information content (AvgIpc) is 3.53. The van der Waals surface area contributed by atoms with Crippen LogP contribution in [-0.2, 0) is 14.4 Å². The lowest BCUT2D eigenvalue weighted by molar-refractivity contribution is -0.200. The predicted molar refractivity (Wildman–Crippen MR) is 164 cm³/mol. The van der Waals surface area contributed by atoms with E-state index in [4.69, 9.17) is 23.8 Å². The van der Waals surface area contributed by atoms with Gasteiger partial charge in [0.25, 0.3) is 5.95 Å². The molecule has 12 nitrogen and oxygen atoms in total. The fraction of sp³-hybridized carbons (Fsp3) is 0.406. The number of morpholine rings is 1. The summed E-state index contributed by atoms with van der Waals surface area (Å²) in [6, 6.07) is 14.4. The van der Waals surface area contributed by atoms with Crippen LogP contribution < -0.4 is 24.2 Å². The van der Waals surface area contributed by atoms with Gasteiger partial charge in [-0.25, -0.2) is 14.3 Å². The second kappa shape index (κ2) is 12.8. The van der Waals surface area contributed by atoms with Crippen molar-refractivity contribution in [3.63, 3.8) is 0 Å². The molecule has 0 atom stereocenters. The highest BCUT2D eigenvalue weighted by Gasteiger charge is 2.44. The number of ether oxygens (including phenoxy) is 4. The molecule has 7 rings (SSSR count). The number of rotatable bonds is 7. The van der Waals surface area contributed by atoms with Crippen LogP contribution in [0.4, 0.5) is 30.5 Å². The van der Waals surface area contributed by atoms with Gasteiger partial charge in [0.05, 0.1) is 37.7 Å². The molecule has 2 aromatic carbocycles. The molecule has 0 saturated carbocycles. The van der Waals surface area contributed by atoms with Crippen LogP contribution in [0.1, 0.15) is 12.8 Å². The zero-order valence-corrected chi connectivity index (χ0v) is 25.6. The fourth-order valence-electron chi connectivity index (χ4n) is 6.26. The highest BCUT2D eigenvalue weighted by atomic mass is 19.4. The Morgan fingerprint density at radius 2 is 1.77 bits per heavy atom. The molecule has 47 heavy (non-hydrogen) atoms. The Morgan fingerprint density at radius 3 is 2.53 bits per heavy atom. The quantitative estimate of drug-likeness (QED) is 0.261. The number of benzene rings is 2. The van der Waals surface area contributed by atoms with Crippen LogP contribution in [0.3, 0.4) is 0 Å². The zero-order chi connectivity index (χ0) is 32.5. The monoisotopic (exact) mass is 654 g/mol. The van der Waals surface area contributed by atoms with Gasteiger partial charge in [0.2, 0.25) is 0 Å². The minimum Gasteiger partial charge on any atom is -0.494 e. The first-order valence-corrected chi connectivity index (χ1v) is 15.4. The van der Waals surface area contributed by atoms with E-state index < -0.39 is 12.1 Å². The number of carbonyl (C=O) groups excluding carboxylic acids is 1. The first-order chi connectivity index (χ1) is 22.8. The Bertz CT molecular complexity index is 1750. The van der Waals surface area contributed by atoms with Crippen molar-refractivity contribution in [2.75, 3.05) is 69.7 Å². The minimum atomic E-state index is -5.28. The highest BCUT2D eigenvalue weighted by Crippen LogP contribution is 2.41. The summed E-state index contributed by atoms with van der Waals surface area (Å²) < 4.78 is 64.8. The largest absolute Gasteiger partial charge is 0.494 e. The van der Waals surface area contributed by atoms with Crippen LogP contribution in [0.2, 0.25) is 0 Å². The summed E-state index contributed by atoms with van der Waals surface area (Å²) >= 11 is 0. The van der Waals surface area contributed by atoms with Crippen molar-refractivity contribution in [3.05, 3.63) is 54.7 Å². The molecule has 4 aromatic rings. The van der Waals surface area contributed by atoms with Crippen molar-refractivity contribution >= 4 is 28.8 Å². The number of carbonyl (C=O) groups is 1. The van der Waals surface area contributed by atoms with Gasteiger partial charge in [-0.05, 0) is 49.2 Å². The lowest BCUT2D eigenvalue weighted by Crippen LogP contribution is -2.49. The Morgan fingerprint density at radius 1 is 0.979 bits per heavy atom. The number of anilines is 3. The second-order valence-corrected chi connectivity index (χ2v) is 11.3. The molecular formula is C32H33F3N6O6. The third kappa shape index (κ3) is 6.20. The van der Waals surface area contributed by atoms with E-state index in [-0.39, 0.29) is 17.4 Å². The molecule has 15 heteroatoms.